The molecule has 110 valence electrons. The molecule has 0 spiro atoms. The third-order valence-electron chi connectivity index (χ3n) is 2.46. The second kappa shape index (κ2) is 6.89. The molecule has 0 saturated heterocycles. The van der Waals surface area contributed by atoms with Crippen LogP contribution in [-0.2, 0) is 6.61 Å². The van der Waals surface area contributed by atoms with Crippen LogP contribution in [0.5, 0.6) is 5.75 Å². The maximum Gasteiger partial charge on any atom is 0.211 e. The molecule has 21 heavy (non-hydrogen) atoms. The lowest BCUT2D eigenvalue weighted by Gasteiger charge is -2.09. The Morgan fingerprint density at radius 2 is 2.10 bits per heavy atom. The molecule has 1 unspecified atom stereocenters. The van der Waals surface area contributed by atoms with Crippen LogP contribution in [0.2, 0.25) is 10.0 Å². The number of halogens is 2. The van der Waals surface area contributed by atoms with Gasteiger partial charge in [0, 0.05) is 0 Å². The zero-order valence-electron chi connectivity index (χ0n) is 11.0. The van der Waals surface area contributed by atoms with Crippen LogP contribution < -0.4 is 10.6 Å². The van der Waals surface area contributed by atoms with E-state index in [4.69, 9.17) is 39.0 Å². The number of ether oxygens (including phenoxy) is 1. The molecule has 2 N–H and O–H groups in total. The summed E-state index contributed by atoms with van der Waals surface area (Å²) in [6.07, 6.45) is 0. The standard InChI is InChI=1S/C12H11Cl2N5OS/c1-7(5-15)21-12-18-17-10(19(12)16)6-20-11-8(13)3-2-4-9(11)14/h2-4,7H,6,16H2,1H3. The number of nitrogen functional groups attached to an aromatic ring is 1. The normalized spacial score (nSPS) is 11.9. The number of hydrogen-bond acceptors (Lipinski definition) is 6. The minimum atomic E-state index is -0.275. The molecule has 0 saturated carbocycles. The van der Waals surface area contributed by atoms with Gasteiger partial charge in [-0.3, -0.25) is 0 Å². The molecular formula is C12H11Cl2N5OS. The van der Waals surface area contributed by atoms with Crippen LogP contribution in [0, 0.1) is 11.3 Å². The second-order valence-corrected chi connectivity index (χ2v) is 6.12. The van der Waals surface area contributed by atoms with E-state index in [1.54, 1.807) is 25.1 Å². The summed E-state index contributed by atoms with van der Waals surface area (Å²) in [7, 11) is 0. The highest BCUT2D eigenvalue weighted by molar-refractivity contribution is 8.00. The number of thioether (sulfide) groups is 1. The molecule has 6 nitrogen and oxygen atoms in total. The minimum absolute atomic E-state index is 0.0639. The van der Waals surface area contributed by atoms with Gasteiger partial charge in [-0.1, -0.05) is 41.0 Å². The van der Waals surface area contributed by atoms with Crippen molar-refractivity contribution in [3.8, 4) is 11.8 Å². The van der Waals surface area contributed by atoms with Crippen molar-refractivity contribution in [1.29, 1.82) is 5.26 Å². The topological polar surface area (TPSA) is 89.8 Å². The van der Waals surface area contributed by atoms with Crippen molar-refractivity contribution in [1.82, 2.24) is 14.9 Å². The van der Waals surface area contributed by atoms with E-state index in [-0.39, 0.29) is 11.9 Å². The third kappa shape index (κ3) is 3.73. The molecule has 1 heterocycles. The molecule has 0 amide bonds. The summed E-state index contributed by atoms with van der Waals surface area (Å²) >= 11 is 13.2. The maximum absolute atomic E-state index is 8.78. The number of benzene rings is 1. The highest BCUT2D eigenvalue weighted by Gasteiger charge is 2.15. The molecule has 2 rings (SSSR count). The molecule has 0 radical (unpaired) electrons. The van der Waals surface area contributed by atoms with Crippen LogP contribution in [0.1, 0.15) is 12.7 Å². The Morgan fingerprint density at radius 1 is 1.43 bits per heavy atom. The quantitative estimate of drug-likeness (QED) is 0.663. The predicted octanol–water partition coefficient (Wildman–Crippen LogP) is 2.88. The SMILES string of the molecule is CC(C#N)Sc1nnc(COc2c(Cl)cccc2Cl)n1N. The summed E-state index contributed by atoms with van der Waals surface area (Å²) < 4.78 is 6.82. The Hall–Kier alpha value is -1.62. The molecule has 0 fully saturated rings. The van der Waals surface area contributed by atoms with Gasteiger partial charge in [0.1, 0.15) is 6.61 Å². The largest absolute Gasteiger partial charge is 0.482 e. The summed E-state index contributed by atoms with van der Waals surface area (Å²) in [6, 6.07) is 7.15. The van der Waals surface area contributed by atoms with Crippen LogP contribution in [0.3, 0.4) is 0 Å². The molecule has 1 aromatic heterocycles. The number of nitrogens with two attached hydrogens (primary N) is 1. The Bertz CT molecular complexity index is 665. The fraction of sp³-hybridized carbons (Fsp3) is 0.250. The number of nitrogens with zero attached hydrogens (tertiary/aromatic N) is 4. The van der Waals surface area contributed by atoms with Gasteiger partial charge in [-0.15, -0.1) is 10.2 Å². The molecule has 1 atom stereocenters. The van der Waals surface area contributed by atoms with Crippen LogP contribution in [-0.4, -0.2) is 20.1 Å². The van der Waals surface area contributed by atoms with E-state index < -0.39 is 0 Å². The average molecular weight is 344 g/mol. The lowest BCUT2D eigenvalue weighted by Crippen LogP contribution is -2.16. The molecule has 0 aliphatic carbocycles. The molecular weight excluding hydrogens is 333 g/mol. The van der Waals surface area contributed by atoms with E-state index in [0.29, 0.717) is 26.8 Å². The Morgan fingerprint density at radius 3 is 2.71 bits per heavy atom. The fourth-order valence-electron chi connectivity index (χ4n) is 1.43. The van der Waals surface area contributed by atoms with E-state index in [1.807, 2.05) is 0 Å². The monoisotopic (exact) mass is 343 g/mol. The van der Waals surface area contributed by atoms with Crippen molar-refractivity contribution < 1.29 is 4.74 Å². The zero-order valence-corrected chi connectivity index (χ0v) is 13.3. The van der Waals surface area contributed by atoms with Crippen LogP contribution in [0.4, 0.5) is 0 Å². The first-order chi connectivity index (χ1) is 10.0. The van der Waals surface area contributed by atoms with Gasteiger partial charge < -0.3 is 10.6 Å². The summed E-state index contributed by atoms with van der Waals surface area (Å²) in [5.74, 6) is 6.63. The van der Waals surface area contributed by atoms with Gasteiger partial charge in [-0.25, -0.2) is 4.68 Å². The van der Waals surface area contributed by atoms with E-state index in [1.165, 1.54) is 16.4 Å². The average Bonchev–Trinajstić information content (AvgIpc) is 2.79. The molecule has 0 bridgehead atoms. The summed E-state index contributed by atoms with van der Waals surface area (Å²) in [5, 5.41) is 17.6. The first-order valence-corrected chi connectivity index (χ1v) is 7.49. The van der Waals surface area contributed by atoms with Crippen LogP contribution in [0.25, 0.3) is 0 Å². The number of nitriles is 1. The predicted molar refractivity (Wildman–Crippen MR) is 81.9 cm³/mol. The van der Waals surface area contributed by atoms with E-state index in [9.17, 15) is 0 Å². The van der Waals surface area contributed by atoms with E-state index >= 15 is 0 Å². The van der Waals surface area contributed by atoms with E-state index in [2.05, 4.69) is 16.3 Å². The highest BCUT2D eigenvalue weighted by Crippen LogP contribution is 2.32. The zero-order chi connectivity index (χ0) is 15.4. The minimum Gasteiger partial charge on any atom is -0.482 e. The van der Waals surface area contributed by atoms with E-state index in [0.717, 1.165) is 0 Å². The second-order valence-electron chi connectivity index (χ2n) is 4.00. The number of rotatable bonds is 5. The van der Waals surface area contributed by atoms with Crippen molar-refractivity contribution in [2.75, 3.05) is 5.84 Å². The molecule has 1 aromatic carbocycles. The molecule has 0 aliphatic heterocycles. The van der Waals surface area contributed by atoms with Gasteiger partial charge in [0.05, 0.1) is 21.4 Å². The van der Waals surface area contributed by atoms with Gasteiger partial charge >= 0.3 is 0 Å². The Kier molecular flexibility index (Phi) is 5.17. The van der Waals surface area contributed by atoms with Gasteiger partial charge in [-0.2, -0.15) is 5.26 Å². The summed E-state index contributed by atoms with van der Waals surface area (Å²) in [4.78, 5) is 0. The first kappa shape index (κ1) is 15.8. The first-order valence-electron chi connectivity index (χ1n) is 5.85. The number of para-hydroxylation sites is 1. The molecule has 9 heteroatoms. The Balaban J connectivity index is 2.09. The Labute approximate surface area is 135 Å². The lowest BCUT2D eigenvalue weighted by molar-refractivity contribution is 0.292. The number of aromatic nitrogens is 3. The van der Waals surface area contributed by atoms with Gasteiger partial charge in [0.25, 0.3) is 0 Å². The van der Waals surface area contributed by atoms with Crippen LogP contribution >= 0.6 is 35.0 Å². The molecule has 2 aromatic rings. The van der Waals surface area contributed by atoms with Gasteiger partial charge in [0.15, 0.2) is 11.6 Å². The lowest BCUT2D eigenvalue weighted by atomic mass is 10.3. The highest BCUT2D eigenvalue weighted by atomic mass is 35.5. The summed E-state index contributed by atoms with van der Waals surface area (Å²) in [5.41, 5.74) is 0. The third-order valence-corrected chi connectivity index (χ3v) is 4.01. The van der Waals surface area contributed by atoms with Crippen molar-refractivity contribution in [2.45, 2.75) is 23.9 Å². The van der Waals surface area contributed by atoms with Crippen molar-refractivity contribution >= 4 is 35.0 Å². The van der Waals surface area contributed by atoms with Crippen molar-refractivity contribution in [3.63, 3.8) is 0 Å². The molecule has 0 aliphatic rings. The smallest absolute Gasteiger partial charge is 0.211 e. The van der Waals surface area contributed by atoms with Crippen molar-refractivity contribution in [3.05, 3.63) is 34.1 Å². The van der Waals surface area contributed by atoms with Gasteiger partial charge in [0.2, 0.25) is 5.16 Å². The maximum atomic E-state index is 8.78. The number of hydrogen-bond donors (Lipinski definition) is 1. The van der Waals surface area contributed by atoms with Gasteiger partial charge in [-0.05, 0) is 19.1 Å². The summed E-state index contributed by atoms with van der Waals surface area (Å²) in [6.45, 7) is 1.81. The van der Waals surface area contributed by atoms with Crippen molar-refractivity contribution in [2.24, 2.45) is 0 Å². The fourth-order valence-corrected chi connectivity index (χ4v) is 2.61. The van der Waals surface area contributed by atoms with Crippen LogP contribution in [0.15, 0.2) is 23.4 Å².